The highest BCUT2D eigenvalue weighted by molar-refractivity contribution is 5.56. The third kappa shape index (κ3) is 11.8. The number of rotatable bonds is 14. The molecule has 3 aromatic rings. The maximum absolute atomic E-state index is 6.04. The van der Waals surface area contributed by atoms with Gasteiger partial charge in [-0.1, -0.05) is 76.1 Å². The van der Waals surface area contributed by atoms with E-state index in [1.54, 1.807) is 0 Å². The largest absolute Gasteiger partial charge is 0.465 e. The fourth-order valence-electron chi connectivity index (χ4n) is 6.24. The van der Waals surface area contributed by atoms with Gasteiger partial charge in [0.1, 0.15) is 11.5 Å². The Bertz CT molecular complexity index is 1390. The van der Waals surface area contributed by atoms with Crippen LogP contribution in [-0.4, -0.2) is 25.8 Å². The van der Waals surface area contributed by atoms with E-state index >= 15 is 0 Å². The predicted octanol–water partition coefficient (Wildman–Crippen LogP) is 10.5. The quantitative estimate of drug-likeness (QED) is 0.129. The molecule has 0 saturated carbocycles. The van der Waals surface area contributed by atoms with Crippen LogP contribution in [0.5, 0.6) is 11.5 Å². The van der Waals surface area contributed by atoms with Crippen molar-refractivity contribution in [3.8, 4) is 35.2 Å². The molecule has 0 amide bonds. The van der Waals surface area contributed by atoms with Gasteiger partial charge >= 0.3 is 0 Å². The molecule has 2 unspecified atom stereocenters. The van der Waals surface area contributed by atoms with E-state index in [0.29, 0.717) is 0 Å². The second kappa shape index (κ2) is 20.0. The molecule has 0 aliphatic carbocycles. The van der Waals surface area contributed by atoms with Crippen molar-refractivity contribution in [1.82, 2.24) is 0 Å². The van der Waals surface area contributed by atoms with Crippen molar-refractivity contribution >= 4 is 0 Å². The molecule has 2 aliphatic rings. The minimum absolute atomic E-state index is 0.141. The third-order valence-corrected chi connectivity index (χ3v) is 9.13. The summed E-state index contributed by atoms with van der Waals surface area (Å²) in [6.45, 7) is 6.08. The lowest BCUT2D eigenvalue weighted by atomic mass is 9.92. The summed E-state index contributed by atoms with van der Waals surface area (Å²) in [5, 5.41) is 0. The van der Waals surface area contributed by atoms with Crippen molar-refractivity contribution in [3.05, 3.63) is 94.0 Å². The van der Waals surface area contributed by atoms with Crippen molar-refractivity contribution in [2.75, 3.05) is 13.2 Å². The molecular formula is C44H54O4. The van der Waals surface area contributed by atoms with E-state index in [2.05, 4.69) is 73.9 Å². The average Bonchev–Trinajstić information content (AvgIpc) is 3.13. The normalized spacial score (nSPS) is 17.5. The summed E-state index contributed by atoms with van der Waals surface area (Å²) in [7, 11) is 0. The SMILES string of the molecule is CCCCCCc1cc(C#Cc2ccc(OC3CCCCO3)cc2)c(CCCCCC)cc1C#Cc1ccc(OC2CCCCO2)cc1. The van der Waals surface area contributed by atoms with E-state index in [9.17, 15) is 0 Å². The van der Waals surface area contributed by atoms with Gasteiger partial charge in [-0.25, -0.2) is 0 Å². The molecule has 2 aliphatic heterocycles. The van der Waals surface area contributed by atoms with Crippen molar-refractivity contribution in [1.29, 1.82) is 0 Å². The summed E-state index contributed by atoms with van der Waals surface area (Å²) in [6.07, 6.45) is 17.9. The zero-order chi connectivity index (χ0) is 33.2. The fourth-order valence-corrected chi connectivity index (χ4v) is 6.24. The Hall–Kier alpha value is -3.70. The molecule has 4 nitrogen and oxygen atoms in total. The van der Waals surface area contributed by atoms with Crippen molar-refractivity contribution < 1.29 is 18.9 Å². The monoisotopic (exact) mass is 646 g/mol. The molecule has 48 heavy (non-hydrogen) atoms. The third-order valence-electron chi connectivity index (χ3n) is 9.13. The zero-order valence-corrected chi connectivity index (χ0v) is 29.3. The molecule has 0 aromatic heterocycles. The second-order valence-corrected chi connectivity index (χ2v) is 13.2. The Morgan fingerprint density at radius 1 is 0.542 bits per heavy atom. The predicted molar refractivity (Wildman–Crippen MR) is 195 cm³/mol. The van der Waals surface area contributed by atoms with Gasteiger partial charge in [0.25, 0.3) is 0 Å². The highest BCUT2D eigenvalue weighted by Gasteiger charge is 2.16. The van der Waals surface area contributed by atoms with Gasteiger partial charge in [0.15, 0.2) is 12.6 Å². The lowest BCUT2D eigenvalue weighted by Crippen LogP contribution is -2.24. The number of aryl methyl sites for hydroxylation is 2. The first kappa shape index (κ1) is 35.6. The topological polar surface area (TPSA) is 36.9 Å². The van der Waals surface area contributed by atoms with Gasteiger partial charge in [-0.2, -0.15) is 0 Å². The van der Waals surface area contributed by atoms with Gasteiger partial charge in [-0.05, 0) is 123 Å². The van der Waals surface area contributed by atoms with Gasteiger partial charge in [0, 0.05) is 35.1 Å². The van der Waals surface area contributed by atoms with Crippen LogP contribution in [0.25, 0.3) is 0 Å². The molecule has 3 aromatic carbocycles. The first-order chi connectivity index (χ1) is 23.7. The molecular weight excluding hydrogens is 592 g/mol. The number of unbranched alkanes of at least 4 members (excludes halogenated alkanes) is 6. The van der Waals surface area contributed by atoms with Gasteiger partial charge < -0.3 is 18.9 Å². The van der Waals surface area contributed by atoms with Crippen LogP contribution < -0.4 is 9.47 Å². The van der Waals surface area contributed by atoms with Crippen LogP contribution in [0.3, 0.4) is 0 Å². The molecule has 4 heteroatoms. The van der Waals surface area contributed by atoms with E-state index < -0.39 is 0 Å². The van der Waals surface area contributed by atoms with Gasteiger partial charge in [0.2, 0.25) is 0 Å². The van der Waals surface area contributed by atoms with Gasteiger partial charge in [-0.3, -0.25) is 0 Å². The van der Waals surface area contributed by atoms with Crippen LogP contribution in [0.2, 0.25) is 0 Å². The first-order valence-corrected chi connectivity index (χ1v) is 18.7. The van der Waals surface area contributed by atoms with E-state index in [1.165, 1.54) is 49.7 Å². The summed E-state index contributed by atoms with van der Waals surface area (Å²) in [5.74, 6) is 15.7. The Labute approximate surface area is 289 Å². The van der Waals surface area contributed by atoms with Crippen molar-refractivity contribution in [2.24, 2.45) is 0 Å². The summed E-state index contributed by atoms with van der Waals surface area (Å²) >= 11 is 0. The lowest BCUT2D eigenvalue weighted by molar-refractivity contribution is -0.106. The van der Waals surface area contributed by atoms with Crippen LogP contribution in [0, 0.1) is 23.7 Å². The Balaban J connectivity index is 1.37. The molecule has 0 N–H and O–H groups in total. The number of ether oxygens (including phenoxy) is 4. The van der Waals surface area contributed by atoms with Crippen LogP contribution in [-0.2, 0) is 22.3 Å². The molecule has 2 fully saturated rings. The van der Waals surface area contributed by atoms with Crippen LogP contribution in [0.1, 0.15) is 137 Å². The van der Waals surface area contributed by atoms with Gasteiger partial charge in [-0.15, -0.1) is 0 Å². The number of benzene rings is 3. The highest BCUT2D eigenvalue weighted by Crippen LogP contribution is 2.24. The second-order valence-electron chi connectivity index (χ2n) is 13.2. The standard InChI is InChI=1S/C44H54O4/c1-3-5-7-9-15-37-33-40(26-20-36-23-29-42(30-24-36)48-44-18-12-14-32-46-44)38(16-10-8-6-4-2)34-39(37)25-19-35-21-27-41(28-22-35)47-43-17-11-13-31-45-43/h21-24,27-30,33-34,43-44H,3-18,31-32H2,1-2H3. The Morgan fingerprint density at radius 3 is 1.35 bits per heavy atom. The molecule has 2 saturated heterocycles. The van der Waals surface area contributed by atoms with Crippen molar-refractivity contribution in [2.45, 2.75) is 129 Å². The molecule has 0 spiro atoms. The maximum atomic E-state index is 6.04. The number of hydrogen-bond donors (Lipinski definition) is 0. The van der Waals surface area contributed by atoms with Crippen LogP contribution in [0.4, 0.5) is 0 Å². The summed E-state index contributed by atoms with van der Waals surface area (Å²) in [4.78, 5) is 0. The molecule has 5 rings (SSSR count). The maximum Gasteiger partial charge on any atom is 0.199 e. The van der Waals surface area contributed by atoms with Gasteiger partial charge in [0.05, 0.1) is 13.2 Å². The average molecular weight is 647 g/mol. The molecule has 2 atom stereocenters. The molecule has 2 heterocycles. The Kier molecular flexibility index (Phi) is 14.8. The van der Waals surface area contributed by atoms with E-state index in [0.717, 1.165) is 111 Å². The zero-order valence-electron chi connectivity index (χ0n) is 29.3. The minimum Gasteiger partial charge on any atom is -0.465 e. The summed E-state index contributed by atoms with van der Waals surface area (Å²) < 4.78 is 23.6. The molecule has 0 radical (unpaired) electrons. The number of hydrogen-bond acceptors (Lipinski definition) is 4. The first-order valence-electron chi connectivity index (χ1n) is 18.7. The summed E-state index contributed by atoms with van der Waals surface area (Å²) in [6, 6.07) is 20.9. The van der Waals surface area contributed by atoms with Crippen LogP contribution in [0.15, 0.2) is 60.7 Å². The fraction of sp³-hybridized carbons (Fsp3) is 0.500. The summed E-state index contributed by atoms with van der Waals surface area (Å²) in [5.41, 5.74) is 6.82. The van der Waals surface area contributed by atoms with Crippen molar-refractivity contribution in [3.63, 3.8) is 0 Å². The smallest absolute Gasteiger partial charge is 0.199 e. The highest BCUT2D eigenvalue weighted by atomic mass is 16.7. The van der Waals surface area contributed by atoms with E-state index in [-0.39, 0.29) is 12.6 Å². The Morgan fingerprint density at radius 2 is 0.979 bits per heavy atom. The van der Waals surface area contributed by atoms with E-state index in [4.69, 9.17) is 18.9 Å². The molecule has 254 valence electrons. The molecule has 0 bridgehead atoms. The lowest BCUT2D eigenvalue weighted by Gasteiger charge is -2.23. The minimum atomic E-state index is -0.141. The van der Waals surface area contributed by atoms with E-state index in [1.807, 2.05) is 24.3 Å². The van der Waals surface area contributed by atoms with Crippen LogP contribution >= 0.6 is 0 Å².